The van der Waals surface area contributed by atoms with Crippen LogP contribution in [0.25, 0.3) is 28.6 Å². The van der Waals surface area contributed by atoms with Crippen molar-refractivity contribution in [3.05, 3.63) is 51.8 Å². The number of carbonyl (C=O) groups is 1. The molecule has 5 rings (SSSR count). The number of amides is 1. The number of rotatable bonds is 5. The Labute approximate surface area is 206 Å². The van der Waals surface area contributed by atoms with Gasteiger partial charge >= 0.3 is 6.18 Å². The quantitative estimate of drug-likeness (QED) is 0.377. The Morgan fingerprint density at radius 2 is 2.00 bits per heavy atom. The topological polar surface area (TPSA) is 94.6 Å². The van der Waals surface area contributed by atoms with Gasteiger partial charge in [0.05, 0.1) is 27.2 Å². The summed E-state index contributed by atoms with van der Waals surface area (Å²) in [5.41, 5.74) is 0.591. The standard InChI is InChI=1S/C22H16Cl2F3N5O3/c1-10-4-13(14(23)6-17(10)34-9-12-2-3-18(33)28-12)21-30-19(31-35-21)16-8-32-7-11(22(25,26)27)5-15(24)20(32)29-16/h4-8,12H,2-3,9H2,1H3,(H,28,33)/t12-/m1/s1. The van der Waals surface area contributed by atoms with Gasteiger partial charge < -0.3 is 19.0 Å². The number of aromatic nitrogens is 4. The van der Waals surface area contributed by atoms with Crippen molar-refractivity contribution in [2.45, 2.75) is 32.0 Å². The Balaban J connectivity index is 1.40. The van der Waals surface area contributed by atoms with Crippen molar-refractivity contribution in [1.82, 2.24) is 24.8 Å². The first-order valence-electron chi connectivity index (χ1n) is 10.4. The number of nitrogens with one attached hydrogen (secondary N) is 1. The lowest BCUT2D eigenvalue weighted by atomic mass is 10.1. The second-order valence-electron chi connectivity index (χ2n) is 8.07. The molecule has 1 aromatic carbocycles. The van der Waals surface area contributed by atoms with Crippen LogP contribution in [0.4, 0.5) is 13.2 Å². The number of nitrogens with zero attached hydrogens (tertiary/aromatic N) is 4. The van der Waals surface area contributed by atoms with Crippen LogP contribution >= 0.6 is 23.2 Å². The molecule has 35 heavy (non-hydrogen) atoms. The molecule has 1 atom stereocenters. The van der Waals surface area contributed by atoms with Gasteiger partial charge in [-0.15, -0.1) is 0 Å². The minimum absolute atomic E-state index is 0.00423. The average Bonchev–Trinajstić information content (AvgIpc) is 3.52. The van der Waals surface area contributed by atoms with Crippen molar-refractivity contribution in [2.75, 3.05) is 6.61 Å². The van der Waals surface area contributed by atoms with E-state index in [4.69, 9.17) is 32.5 Å². The van der Waals surface area contributed by atoms with Gasteiger partial charge in [0, 0.05) is 18.8 Å². The number of hydrogen-bond donors (Lipinski definition) is 1. The summed E-state index contributed by atoms with van der Waals surface area (Å²) in [6.45, 7) is 2.14. The van der Waals surface area contributed by atoms with Gasteiger partial charge in [-0.1, -0.05) is 28.4 Å². The number of halogens is 5. The first kappa shape index (κ1) is 23.4. The molecule has 0 unspecified atom stereocenters. The van der Waals surface area contributed by atoms with E-state index in [0.29, 0.717) is 35.8 Å². The summed E-state index contributed by atoms with van der Waals surface area (Å²) >= 11 is 12.4. The molecular weight excluding hydrogens is 510 g/mol. The molecule has 4 heterocycles. The number of ether oxygens (including phenoxy) is 1. The Kier molecular flexibility index (Phi) is 5.84. The van der Waals surface area contributed by atoms with Crippen molar-refractivity contribution in [3.8, 4) is 28.7 Å². The van der Waals surface area contributed by atoms with E-state index in [1.807, 2.05) is 6.92 Å². The van der Waals surface area contributed by atoms with Crippen molar-refractivity contribution >= 4 is 34.8 Å². The molecule has 1 aliphatic heterocycles. The highest BCUT2D eigenvalue weighted by Crippen LogP contribution is 2.35. The lowest BCUT2D eigenvalue weighted by Crippen LogP contribution is -2.30. The molecule has 0 spiro atoms. The first-order chi connectivity index (χ1) is 16.6. The van der Waals surface area contributed by atoms with Crippen LogP contribution in [0.1, 0.15) is 24.0 Å². The lowest BCUT2D eigenvalue weighted by molar-refractivity contribution is -0.137. The van der Waals surface area contributed by atoms with E-state index in [1.165, 1.54) is 6.20 Å². The number of fused-ring (bicyclic) bond motifs is 1. The van der Waals surface area contributed by atoms with Gasteiger partial charge in [-0.05, 0) is 37.1 Å². The fraction of sp³-hybridized carbons (Fsp3) is 0.273. The second-order valence-corrected chi connectivity index (χ2v) is 8.88. The molecule has 182 valence electrons. The second kappa shape index (κ2) is 8.72. The van der Waals surface area contributed by atoms with E-state index in [0.717, 1.165) is 22.2 Å². The maximum atomic E-state index is 13.1. The Morgan fingerprint density at radius 1 is 1.20 bits per heavy atom. The fourth-order valence-electron chi connectivity index (χ4n) is 3.73. The molecule has 13 heteroatoms. The highest BCUT2D eigenvalue weighted by Gasteiger charge is 2.32. The summed E-state index contributed by atoms with van der Waals surface area (Å²) in [4.78, 5) is 19.9. The predicted molar refractivity (Wildman–Crippen MR) is 120 cm³/mol. The van der Waals surface area contributed by atoms with Crippen LogP contribution in [0.3, 0.4) is 0 Å². The van der Waals surface area contributed by atoms with Crippen LogP contribution in [0, 0.1) is 6.92 Å². The third kappa shape index (κ3) is 4.65. The highest BCUT2D eigenvalue weighted by atomic mass is 35.5. The number of imidazole rings is 1. The number of hydrogen-bond acceptors (Lipinski definition) is 6. The minimum Gasteiger partial charge on any atom is -0.491 e. The van der Waals surface area contributed by atoms with Gasteiger partial charge in [0.2, 0.25) is 11.7 Å². The number of pyridine rings is 1. The van der Waals surface area contributed by atoms with Crippen LogP contribution in [0.2, 0.25) is 10.0 Å². The molecule has 0 bridgehead atoms. The molecule has 1 amide bonds. The maximum Gasteiger partial charge on any atom is 0.417 e. The Hall–Kier alpha value is -3.31. The van der Waals surface area contributed by atoms with E-state index in [1.54, 1.807) is 12.1 Å². The first-order valence-corrected chi connectivity index (χ1v) is 11.2. The van der Waals surface area contributed by atoms with Gasteiger partial charge in [-0.2, -0.15) is 18.2 Å². The van der Waals surface area contributed by atoms with Crippen LogP contribution in [0.5, 0.6) is 5.75 Å². The molecule has 0 radical (unpaired) electrons. The Bertz CT molecular complexity index is 1450. The van der Waals surface area contributed by atoms with Crippen LogP contribution in [0.15, 0.2) is 35.1 Å². The summed E-state index contributed by atoms with van der Waals surface area (Å²) in [7, 11) is 0. The molecule has 1 saturated heterocycles. The Morgan fingerprint density at radius 3 is 2.71 bits per heavy atom. The molecule has 0 saturated carbocycles. The van der Waals surface area contributed by atoms with Gasteiger partial charge in [0.1, 0.15) is 18.1 Å². The fourth-order valence-corrected chi connectivity index (χ4v) is 4.22. The van der Waals surface area contributed by atoms with Gasteiger partial charge in [-0.3, -0.25) is 4.79 Å². The normalized spacial score (nSPS) is 16.2. The lowest BCUT2D eigenvalue weighted by Gasteiger charge is -2.14. The summed E-state index contributed by atoms with van der Waals surface area (Å²) in [6.07, 6.45) is -1.16. The average molecular weight is 526 g/mol. The van der Waals surface area contributed by atoms with E-state index < -0.39 is 11.7 Å². The molecule has 0 aliphatic carbocycles. The van der Waals surface area contributed by atoms with Gasteiger partial charge in [-0.25, -0.2) is 4.98 Å². The van der Waals surface area contributed by atoms with Crippen LogP contribution in [-0.4, -0.2) is 38.1 Å². The number of carbonyl (C=O) groups excluding carboxylic acids is 1. The zero-order valence-electron chi connectivity index (χ0n) is 18.0. The summed E-state index contributed by atoms with van der Waals surface area (Å²) in [6, 6.07) is 4.10. The molecular formula is C22H16Cl2F3N5O3. The third-order valence-electron chi connectivity index (χ3n) is 5.51. The SMILES string of the molecule is Cc1cc(-c2nc(-c3cn4cc(C(F)(F)F)cc(Cl)c4n3)no2)c(Cl)cc1OC[C@H]1CCC(=O)N1. The highest BCUT2D eigenvalue weighted by molar-refractivity contribution is 6.33. The number of alkyl halides is 3. The van der Waals surface area contributed by atoms with Crippen LogP contribution in [-0.2, 0) is 11.0 Å². The summed E-state index contributed by atoms with van der Waals surface area (Å²) in [5, 5.41) is 6.86. The number of aryl methyl sites for hydroxylation is 1. The zero-order chi connectivity index (χ0) is 24.9. The zero-order valence-corrected chi connectivity index (χ0v) is 19.5. The van der Waals surface area contributed by atoms with Gasteiger partial charge in [0.25, 0.3) is 5.89 Å². The van der Waals surface area contributed by atoms with E-state index in [-0.39, 0.29) is 40.0 Å². The van der Waals surface area contributed by atoms with Crippen molar-refractivity contribution in [3.63, 3.8) is 0 Å². The van der Waals surface area contributed by atoms with E-state index in [2.05, 4.69) is 20.4 Å². The largest absolute Gasteiger partial charge is 0.491 e. The molecule has 8 nitrogen and oxygen atoms in total. The van der Waals surface area contributed by atoms with E-state index in [9.17, 15) is 18.0 Å². The van der Waals surface area contributed by atoms with Crippen molar-refractivity contribution in [2.24, 2.45) is 0 Å². The predicted octanol–water partition coefficient (Wildman–Crippen LogP) is 5.34. The van der Waals surface area contributed by atoms with E-state index >= 15 is 0 Å². The molecule has 1 fully saturated rings. The molecule has 3 aromatic heterocycles. The van der Waals surface area contributed by atoms with Crippen LogP contribution < -0.4 is 10.1 Å². The van der Waals surface area contributed by atoms with Crippen molar-refractivity contribution < 1.29 is 27.2 Å². The number of benzene rings is 1. The molecule has 4 aromatic rings. The monoisotopic (exact) mass is 525 g/mol. The third-order valence-corrected chi connectivity index (χ3v) is 6.10. The maximum absolute atomic E-state index is 13.1. The molecule has 1 N–H and O–H groups in total. The minimum atomic E-state index is -4.56. The summed E-state index contributed by atoms with van der Waals surface area (Å²) in [5.74, 6) is 0.709. The van der Waals surface area contributed by atoms with Crippen molar-refractivity contribution in [1.29, 1.82) is 0 Å². The van der Waals surface area contributed by atoms with Gasteiger partial charge in [0.15, 0.2) is 5.65 Å². The smallest absolute Gasteiger partial charge is 0.417 e. The molecule has 1 aliphatic rings. The summed E-state index contributed by atoms with van der Waals surface area (Å²) < 4.78 is 51.6.